The number of benzene rings is 1. The van der Waals surface area contributed by atoms with Crippen molar-refractivity contribution in [2.24, 2.45) is 0 Å². The topological polar surface area (TPSA) is 51.2 Å². The molecule has 0 radical (unpaired) electrons. The molecule has 4 nitrogen and oxygen atoms in total. The number of rotatable bonds is 5. The molecule has 0 bridgehead atoms. The maximum atomic E-state index is 12.9. The van der Waals surface area contributed by atoms with Gasteiger partial charge in [-0.15, -0.1) is 0 Å². The lowest BCUT2D eigenvalue weighted by atomic mass is 10.1. The summed E-state index contributed by atoms with van der Waals surface area (Å²) in [6.07, 6.45) is -2.84. The van der Waals surface area contributed by atoms with Crippen LogP contribution in [-0.4, -0.2) is 17.5 Å². The van der Waals surface area contributed by atoms with Crippen LogP contribution in [-0.2, 0) is 12.7 Å². The van der Waals surface area contributed by atoms with Crippen LogP contribution in [0.2, 0.25) is 0 Å². The first-order valence-corrected chi connectivity index (χ1v) is 7.34. The molecule has 128 valence electrons. The first-order chi connectivity index (χ1) is 11.3. The van der Waals surface area contributed by atoms with Gasteiger partial charge in [0.2, 0.25) is 0 Å². The summed E-state index contributed by atoms with van der Waals surface area (Å²) in [5.74, 6) is -0.212. The van der Waals surface area contributed by atoms with Gasteiger partial charge >= 0.3 is 6.18 Å². The van der Waals surface area contributed by atoms with Gasteiger partial charge in [0.25, 0.3) is 5.91 Å². The van der Waals surface area contributed by atoms with Gasteiger partial charge in [0.15, 0.2) is 0 Å². The number of aryl methyl sites for hydroxylation is 1. The highest BCUT2D eigenvalue weighted by Gasteiger charge is 2.35. The fourth-order valence-corrected chi connectivity index (χ4v) is 2.19. The van der Waals surface area contributed by atoms with Gasteiger partial charge in [-0.1, -0.05) is 12.1 Å². The second-order valence-electron chi connectivity index (χ2n) is 5.15. The Morgan fingerprint density at radius 1 is 1.29 bits per heavy atom. The molecule has 0 aliphatic rings. The van der Waals surface area contributed by atoms with Crippen molar-refractivity contribution in [3.63, 3.8) is 0 Å². The Bertz CT molecular complexity index is 730. The van der Waals surface area contributed by atoms with Crippen molar-refractivity contribution >= 4 is 5.91 Å². The highest BCUT2D eigenvalue weighted by atomic mass is 19.4. The van der Waals surface area contributed by atoms with Crippen LogP contribution in [0, 0.1) is 6.92 Å². The molecule has 24 heavy (non-hydrogen) atoms. The number of halogens is 3. The third kappa shape index (κ3) is 4.24. The summed E-state index contributed by atoms with van der Waals surface area (Å²) < 4.78 is 44.3. The quantitative estimate of drug-likeness (QED) is 0.904. The van der Waals surface area contributed by atoms with E-state index in [4.69, 9.17) is 4.74 Å². The van der Waals surface area contributed by atoms with E-state index in [1.807, 2.05) is 26.0 Å². The maximum absolute atomic E-state index is 12.9. The summed E-state index contributed by atoms with van der Waals surface area (Å²) in [7, 11) is 0. The van der Waals surface area contributed by atoms with E-state index in [2.05, 4.69) is 10.3 Å². The third-order valence-electron chi connectivity index (χ3n) is 3.33. The van der Waals surface area contributed by atoms with Crippen molar-refractivity contribution in [2.45, 2.75) is 26.6 Å². The molecule has 7 heteroatoms. The summed E-state index contributed by atoms with van der Waals surface area (Å²) in [6, 6.07) is 6.49. The predicted molar refractivity (Wildman–Crippen MR) is 82.8 cm³/mol. The molecule has 0 unspecified atom stereocenters. The monoisotopic (exact) mass is 338 g/mol. The van der Waals surface area contributed by atoms with Gasteiger partial charge in [0.1, 0.15) is 5.75 Å². The number of pyridine rings is 1. The number of hydrogen-bond donors (Lipinski definition) is 1. The number of nitrogens with one attached hydrogen (secondary N) is 1. The zero-order valence-corrected chi connectivity index (χ0v) is 13.3. The van der Waals surface area contributed by atoms with Crippen LogP contribution < -0.4 is 10.1 Å². The van der Waals surface area contributed by atoms with E-state index in [1.54, 1.807) is 6.07 Å². The first kappa shape index (κ1) is 17.8. The van der Waals surface area contributed by atoms with E-state index >= 15 is 0 Å². The molecule has 1 aromatic carbocycles. The molecule has 1 amide bonds. The van der Waals surface area contributed by atoms with Gasteiger partial charge < -0.3 is 10.1 Å². The smallest absolute Gasteiger partial charge is 0.418 e. The van der Waals surface area contributed by atoms with Crippen molar-refractivity contribution in [1.29, 1.82) is 0 Å². The minimum absolute atomic E-state index is 0.0636. The number of carbonyl (C=O) groups is 1. The van der Waals surface area contributed by atoms with E-state index in [0.29, 0.717) is 24.1 Å². The molecule has 2 rings (SSSR count). The van der Waals surface area contributed by atoms with E-state index in [0.717, 1.165) is 17.8 Å². The standard InChI is InChI=1S/C17H17F3N2O2/c1-3-24-15-8-11(2)4-5-12(15)9-22-16(23)13-6-7-21-10-14(13)17(18,19)20/h4-8,10H,3,9H2,1-2H3,(H,22,23). The number of aromatic nitrogens is 1. The van der Waals surface area contributed by atoms with Gasteiger partial charge in [-0.2, -0.15) is 13.2 Å². The number of alkyl halides is 3. The van der Waals surface area contributed by atoms with Crippen molar-refractivity contribution in [2.75, 3.05) is 6.61 Å². The lowest BCUT2D eigenvalue weighted by molar-refractivity contribution is -0.138. The van der Waals surface area contributed by atoms with Crippen molar-refractivity contribution in [3.8, 4) is 5.75 Å². The number of ether oxygens (including phenoxy) is 1. The minimum Gasteiger partial charge on any atom is -0.494 e. The summed E-state index contributed by atoms with van der Waals surface area (Å²) in [4.78, 5) is 15.6. The molecule has 0 fully saturated rings. The molecule has 1 aromatic heterocycles. The largest absolute Gasteiger partial charge is 0.494 e. The summed E-state index contributed by atoms with van der Waals surface area (Å²) in [5, 5.41) is 2.50. The molecular formula is C17H17F3N2O2. The van der Waals surface area contributed by atoms with Gasteiger partial charge in [0.05, 0.1) is 17.7 Å². The van der Waals surface area contributed by atoms with Crippen LogP contribution in [0.3, 0.4) is 0 Å². The van der Waals surface area contributed by atoms with Gasteiger partial charge in [-0.25, -0.2) is 0 Å². The molecule has 1 N–H and O–H groups in total. The molecule has 0 atom stereocenters. The first-order valence-electron chi connectivity index (χ1n) is 7.34. The summed E-state index contributed by atoms with van der Waals surface area (Å²) in [6.45, 7) is 4.25. The Morgan fingerprint density at radius 2 is 2.04 bits per heavy atom. The average Bonchev–Trinajstić information content (AvgIpc) is 2.53. The van der Waals surface area contributed by atoms with E-state index in [-0.39, 0.29) is 6.54 Å². The van der Waals surface area contributed by atoms with Gasteiger partial charge in [-0.3, -0.25) is 9.78 Å². The molecule has 1 heterocycles. The highest BCUT2D eigenvalue weighted by Crippen LogP contribution is 2.31. The second kappa shape index (κ2) is 7.33. The average molecular weight is 338 g/mol. The van der Waals surface area contributed by atoms with E-state index in [9.17, 15) is 18.0 Å². The highest BCUT2D eigenvalue weighted by molar-refractivity contribution is 5.95. The van der Waals surface area contributed by atoms with Crippen molar-refractivity contribution < 1.29 is 22.7 Å². The van der Waals surface area contributed by atoms with Gasteiger partial charge in [-0.05, 0) is 31.5 Å². The maximum Gasteiger partial charge on any atom is 0.418 e. The van der Waals surface area contributed by atoms with Gasteiger partial charge in [0, 0.05) is 24.5 Å². The predicted octanol–water partition coefficient (Wildman–Crippen LogP) is 3.74. The van der Waals surface area contributed by atoms with Crippen LogP contribution in [0.1, 0.15) is 34.0 Å². The number of hydrogen-bond acceptors (Lipinski definition) is 3. The minimum atomic E-state index is -4.64. The SMILES string of the molecule is CCOc1cc(C)ccc1CNC(=O)c1ccncc1C(F)(F)F. The lowest BCUT2D eigenvalue weighted by Crippen LogP contribution is -2.26. The molecule has 2 aromatic rings. The van der Waals surface area contributed by atoms with Crippen LogP contribution >= 0.6 is 0 Å². The Balaban J connectivity index is 2.18. The van der Waals surface area contributed by atoms with Crippen LogP contribution in [0.4, 0.5) is 13.2 Å². The summed E-state index contributed by atoms with van der Waals surface area (Å²) >= 11 is 0. The van der Waals surface area contributed by atoms with Crippen molar-refractivity contribution in [3.05, 3.63) is 58.9 Å². The molecule has 0 aliphatic heterocycles. The second-order valence-corrected chi connectivity index (χ2v) is 5.15. The Hall–Kier alpha value is -2.57. The van der Waals surface area contributed by atoms with Crippen molar-refractivity contribution in [1.82, 2.24) is 10.3 Å². The Labute approximate surface area is 137 Å². The van der Waals surface area contributed by atoms with Crippen LogP contribution in [0.15, 0.2) is 36.7 Å². The third-order valence-corrected chi connectivity index (χ3v) is 3.33. The van der Waals surface area contributed by atoms with E-state index in [1.165, 1.54) is 0 Å². The fourth-order valence-electron chi connectivity index (χ4n) is 2.19. The zero-order chi connectivity index (χ0) is 17.7. The Kier molecular flexibility index (Phi) is 5.43. The summed E-state index contributed by atoms with van der Waals surface area (Å²) in [5.41, 5.74) is 0.166. The fraction of sp³-hybridized carbons (Fsp3) is 0.294. The molecule has 0 spiro atoms. The normalized spacial score (nSPS) is 11.2. The van der Waals surface area contributed by atoms with Crippen LogP contribution in [0.25, 0.3) is 0 Å². The number of amides is 1. The molecule has 0 saturated carbocycles. The zero-order valence-electron chi connectivity index (χ0n) is 13.3. The van der Waals surface area contributed by atoms with Crippen LogP contribution in [0.5, 0.6) is 5.75 Å². The molecule has 0 saturated heterocycles. The Morgan fingerprint density at radius 3 is 2.71 bits per heavy atom. The van der Waals surface area contributed by atoms with E-state index < -0.39 is 23.2 Å². The number of carbonyl (C=O) groups excluding carboxylic acids is 1. The number of nitrogens with zero attached hydrogens (tertiary/aromatic N) is 1. The lowest BCUT2D eigenvalue weighted by Gasteiger charge is -2.14. The molecular weight excluding hydrogens is 321 g/mol. The molecule has 0 aliphatic carbocycles.